The SMILES string of the molecule is CCc1ncsc1CNCl. The van der Waals surface area contributed by atoms with Gasteiger partial charge in [0.25, 0.3) is 0 Å². The fourth-order valence-corrected chi connectivity index (χ4v) is 1.80. The van der Waals surface area contributed by atoms with Crippen molar-refractivity contribution in [3.8, 4) is 0 Å². The Morgan fingerprint density at radius 1 is 1.80 bits per heavy atom. The lowest BCUT2D eigenvalue weighted by molar-refractivity contribution is 0.934. The Kier molecular flexibility index (Phi) is 3.12. The molecule has 1 heterocycles. The molecule has 10 heavy (non-hydrogen) atoms. The van der Waals surface area contributed by atoms with Crippen LogP contribution in [0.1, 0.15) is 17.5 Å². The average Bonchev–Trinajstić information content (AvgIpc) is 2.36. The molecule has 1 aromatic heterocycles. The topological polar surface area (TPSA) is 24.9 Å². The van der Waals surface area contributed by atoms with E-state index in [1.807, 2.05) is 5.51 Å². The Morgan fingerprint density at radius 3 is 3.20 bits per heavy atom. The lowest BCUT2D eigenvalue weighted by Gasteiger charge is -1.94. The van der Waals surface area contributed by atoms with Crippen molar-refractivity contribution in [2.24, 2.45) is 0 Å². The molecule has 0 aliphatic heterocycles. The molecule has 0 fully saturated rings. The normalized spacial score (nSPS) is 10.2. The summed E-state index contributed by atoms with van der Waals surface area (Å²) in [5.41, 5.74) is 3.00. The van der Waals surface area contributed by atoms with E-state index in [9.17, 15) is 0 Å². The van der Waals surface area contributed by atoms with E-state index in [1.54, 1.807) is 11.3 Å². The highest BCUT2D eigenvalue weighted by atomic mass is 35.5. The van der Waals surface area contributed by atoms with E-state index in [0.717, 1.165) is 18.7 Å². The summed E-state index contributed by atoms with van der Waals surface area (Å²) < 4.78 is 0. The molecule has 0 bridgehead atoms. The summed E-state index contributed by atoms with van der Waals surface area (Å²) in [7, 11) is 0. The van der Waals surface area contributed by atoms with Crippen molar-refractivity contribution < 1.29 is 0 Å². The van der Waals surface area contributed by atoms with Crippen LogP contribution in [0.5, 0.6) is 0 Å². The van der Waals surface area contributed by atoms with Gasteiger partial charge in [-0.3, -0.25) is 0 Å². The highest BCUT2D eigenvalue weighted by Crippen LogP contribution is 2.13. The average molecular weight is 177 g/mol. The third-order valence-electron chi connectivity index (χ3n) is 1.29. The van der Waals surface area contributed by atoms with Gasteiger partial charge in [0.2, 0.25) is 0 Å². The van der Waals surface area contributed by atoms with E-state index < -0.39 is 0 Å². The van der Waals surface area contributed by atoms with E-state index >= 15 is 0 Å². The van der Waals surface area contributed by atoms with Crippen molar-refractivity contribution in [3.63, 3.8) is 0 Å². The first-order valence-corrected chi connectivity index (χ1v) is 4.39. The number of aromatic nitrogens is 1. The lowest BCUT2D eigenvalue weighted by Crippen LogP contribution is -1.98. The number of halogens is 1. The highest BCUT2D eigenvalue weighted by Gasteiger charge is 2.01. The molecule has 0 aromatic carbocycles. The standard InChI is InChI=1S/C6H9ClN2S/c1-2-5-6(3-9-7)10-4-8-5/h4,9H,2-3H2,1H3. The second kappa shape index (κ2) is 3.91. The number of hydrogen-bond donors (Lipinski definition) is 1. The molecule has 56 valence electrons. The fourth-order valence-electron chi connectivity index (χ4n) is 0.786. The van der Waals surface area contributed by atoms with Crippen LogP contribution in [-0.4, -0.2) is 4.98 Å². The molecule has 1 N–H and O–H groups in total. The highest BCUT2D eigenvalue weighted by molar-refractivity contribution is 7.09. The third kappa shape index (κ3) is 1.68. The summed E-state index contributed by atoms with van der Waals surface area (Å²) in [5.74, 6) is 0. The van der Waals surface area contributed by atoms with Crippen LogP contribution in [0.4, 0.5) is 0 Å². The number of rotatable bonds is 3. The molecule has 0 radical (unpaired) electrons. The van der Waals surface area contributed by atoms with Crippen LogP contribution in [0.3, 0.4) is 0 Å². The van der Waals surface area contributed by atoms with E-state index in [-0.39, 0.29) is 0 Å². The number of hydrogen-bond acceptors (Lipinski definition) is 3. The molecule has 1 rings (SSSR count). The molecule has 0 atom stereocenters. The maximum Gasteiger partial charge on any atom is 0.0798 e. The fraction of sp³-hybridized carbons (Fsp3) is 0.500. The van der Waals surface area contributed by atoms with Gasteiger partial charge in [0.1, 0.15) is 0 Å². The molecule has 0 unspecified atom stereocenters. The van der Waals surface area contributed by atoms with E-state index in [0.29, 0.717) is 0 Å². The van der Waals surface area contributed by atoms with Gasteiger partial charge in [-0.05, 0) is 18.2 Å². The van der Waals surface area contributed by atoms with Crippen LogP contribution in [-0.2, 0) is 13.0 Å². The van der Waals surface area contributed by atoms with Crippen molar-refractivity contribution >= 4 is 23.1 Å². The molecule has 0 amide bonds. The summed E-state index contributed by atoms with van der Waals surface area (Å²) in [6, 6.07) is 0. The molecule has 2 nitrogen and oxygen atoms in total. The quantitative estimate of drug-likeness (QED) is 0.713. The first-order valence-electron chi connectivity index (χ1n) is 3.13. The number of thiazole rings is 1. The van der Waals surface area contributed by atoms with Crippen molar-refractivity contribution in [2.75, 3.05) is 0 Å². The van der Waals surface area contributed by atoms with Crippen LogP contribution in [0.2, 0.25) is 0 Å². The van der Waals surface area contributed by atoms with Crippen LogP contribution in [0.15, 0.2) is 5.51 Å². The predicted octanol–water partition coefficient (Wildman–Crippen LogP) is 1.95. The number of nitrogens with zero attached hydrogens (tertiary/aromatic N) is 1. The largest absolute Gasteiger partial charge is 0.249 e. The van der Waals surface area contributed by atoms with Crippen molar-refractivity contribution in [1.29, 1.82) is 0 Å². The van der Waals surface area contributed by atoms with Gasteiger partial charge < -0.3 is 0 Å². The molecular formula is C6H9ClN2S. The smallest absolute Gasteiger partial charge is 0.0798 e. The summed E-state index contributed by atoms with van der Waals surface area (Å²) in [4.78, 5) is 7.99. The van der Waals surface area contributed by atoms with Gasteiger partial charge in [-0.15, -0.1) is 11.3 Å². The summed E-state index contributed by atoms with van der Waals surface area (Å²) in [5, 5.41) is 0. The monoisotopic (exact) mass is 176 g/mol. The van der Waals surface area contributed by atoms with Crippen LogP contribution in [0.25, 0.3) is 0 Å². The third-order valence-corrected chi connectivity index (χ3v) is 2.30. The zero-order valence-electron chi connectivity index (χ0n) is 5.72. The zero-order valence-corrected chi connectivity index (χ0v) is 7.30. The zero-order chi connectivity index (χ0) is 7.40. The van der Waals surface area contributed by atoms with Gasteiger partial charge in [-0.2, -0.15) is 0 Å². The van der Waals surface area contributed by atoms with Gasteiger partial charge in [0.05, 0.1) is 11.2 Å². The van der Waals surface area contributed by atoms with Crippen LogP contribution in [0, 0.1) is 0 Å². The van der Waals surface area contributed by atoms with Gasteiger partial charge in [0, 0.05) is 11.4 Å². The predicted molar refractivity (Wildman–Crippen MR) is 44.2 cm³/mol. The van der Waals surface area contributed by atoms with Crippen molar-refractivity contribution in [1.82, 2.24) is 9.82 Å². The second-order valence-electron chi connectivity index (χ2n) is 1.89. The van der Waals surface area contributed by atoms with Crippen LogP contribution < -0.4 is 4.84 Å². The van der Waals surface area contributed by atoms with Crippen LogP contribution >= 0.6 is 23.1 Å². The molecule has 0 aliphatic carbocycles. The summed E-state index contributed by atoms with van der Waals surface area (Å²) >= 11 is 6.99. The molecular weight excluding hydrogens is 168 g/mol. The Morgan fingerprint density at radius 2 is 2.60 bits per heavy atom. The Bertz CT molecular complexity index is 199. The van der Waals surface area contributed by atoms with Gasteiger partial charge >= 0.3 is 0 Å². The van der Waals surface area contributed by atoms with Crippen molar-refractivity contribution in [3.05, 3.63) is 16.1 Å². The Balaban J connectivity index is 2.70. The van der Waals surface area contributed by atoms with Crippen molar-refractivity contribution in [2.45, 2.75) is 19.9 Å². The molecule has 1 aromatic rings. The molecule has 0 spiro atoms. The molecule has 4 heteroatoms. The maximum absolute atomic E-state index is 5.35. The minimum atomic E-state index is 0.718. The van der Waals surface area contributed by atoms with E-state index in [2.05, 4.69) is 16.7 Å². The van der Waals surface area contributed by atoms with E-state index in [1.165, 1.54) is 4.88 Å². The molecule has 0 saturated carbocycles. The Labute approximate surface area is 69.4 Å². The minimum absolute atomic E-state index is 0.718. The van der Waals surface area contributed by atoms with Gasteiger partial charge in [-0.1, -0.05) is 6.92 Å². The lowest BCUT2D eigenvalue weighted by atomic mass is 10.3. The first-order chi connectivity index (χ1) is 4.88. The molecule has 0 aliphatic rings. The maximum atomic E-state index is 5.35. The number of aryl methyl sites for hydroxylation is 1. The summed E-state index contributed by atoms with van der Waals surface area (Å²) in [6.45, 7) is 2.81. The first kappa shape index (κ1) is 7.98. The molecule has 0 saturated heterocycles. The van der Waals surface area contributed by atoms with Gasteiger partial charge in [0.15, 0.2) is 0 Å². The number of nitrogens with one attached hydrogen (secondary N) is 1. The minimum Gasteiger partial charge on any atom is -0.249 e. The van der Waals surface area contributed by atoms with Gasteiger partial charge in [-0.25, -0.2) is 9.82 Å². The Hall–Kier alpha value is -0.120. The second-order valence-corrected chi connectivity index (χ2v) is 3.09. The summed E-state index contributed by atoms with van der Waals surface area (Å²) in [6.07, 6.45) is 0.984. The van der Waals surface area contributed by atoms with E-state index in [4.69, 9.17) is 11.8 Å².